The maximum atomic E-state index is 9.32. The van der Waals surface area contributed by atoms with Crippen molar-refractivity contribution >= 4 is 0 Å². The molecule has 90 valence electrons. The summed E-state index contributed by atoms with van der Waals surface area (Å²) in [7, 11) is 0. The van der Waals surface area contributed by atoms with Gasteiger partial charge in [0.15, 0.2) is 0 Å². The van der Waals surface area contributed by atoms with E-state index in [4.69, 9.17) is 0 Å². The van der Waals surface area contributed by atoms with Crippen molar-refractivity contribution in [1.82, 2.24) is 5.32 Å². The predicted octanol–water partition coefficient (Wildman–Crippen LogP) is 2.55. The highest BCUT2D eigenvalue weighted by molar-refractivity contribution is 5.30. The molecule has 0 radical (unpaired) electrons. The number of nitrogens with one attached hydrogen (secondary N) is 1. The maximum absolute atomic E-state index is 9.32. The van der Waals surface area contributed by atoms with Crippen molar-refractivity contribution in [3.63, 3.8) is 0 Å². The molecular formula is C14H23NO. The molecule has 2 heteroatoms. The number of hydrogen-bond donors (Lipinski definition) is 2. The second-order valence-corrected chi connectivity index (χ2v) is 4.86. The predicted molar refractivity (Wildman–Crippen MR) is 68.5 cm³/mol. The summed E-state index contributed by atoms with van der Waals surface area (Å²) >= 11 is 0. The lowest BCUT2D eigenvalue weighted by molar-refractivity contribution is 0.169. The normalized spacial score (nSPS) is 14.8. The average Bonchev–Trinajstić information content (AvgIpc) is 2.30. The van der Waals surface area contributed by atoms with Gasteiger partial charge in [-0.25, -0.2) is 0 Å². The van der Waals surface area contributed by atoms with Crippen LogP contribution in [0.4, 0.5) is 0 Å². The van der Waals surface area contributed by atoms with E-state index in [2.05, 4.69) is 51.2 Å². The van der Waals surface area contributed by atoms with Gasteiger partial charge in [0, 0.05) is 12.1 Å². The molecule has 0 saturated heterocycles. The molecule has 0 heterocycles. The summed E-state index contributed by atoms with van der Waals surface area (Å²) in [5.41, 5.74) is 3.73. The molecule has 0 fully saturated rings. The van der Waals surface area contributed by atoms with Crippen LogP contribution in [0.3, 0.4) is 0 Å². The van der Waals surface area contributed by atoms with Gasteiger partial charge in [0.1, 0.15) is 0 Å². The second kappa shape index (κ2) is 5.46. The molecule has 0 amide bonds. The lowest BCUT2D eigenvalue weighted by atomic mass is 9.98. The number of aliphatic hydroxyl groups is 1. The SMILES string of the molecule is CCC(C)(CO)NCc1cc(C)ccc1C. The van der Waals surface area contributed by atoms with E-state index in [-0.39, 0.29) is 12.1 Å². The van der Waals surface area contributed by atoms with Crippen LogP contribution >= 0.6 is 0 Å². The Hall–Kier alpha value is -0.860. The van der Waals surface area contributed by atoms with Gasteiger partial charge in [-0.05, 0) is 38.3 Å². The number of aliphatic hydroxyl groups excluding tert-OH is 1. The van der Waals surface area contributed by atoms with Crippen LogP contribution in [-0.2, 0) is 6.54 Å². The summed E-state index contributed by atoms with van der Waals surface area (Å²) in [5, 5.41) is 12.8. The summed E-state index contributed by atoms with van der Waals surface area (Å²) in [6, 6.07) is 6.48. The van der Waals surface area contributed by atoms with Gasteiger partial charge >= 0.3 is 0 Å². The van der Waals surface area contributed by atoms with Crippen LogP contribution in [0.1, 0.15) is 37.0 Å². The van der Waals surface area contributed by atoms with E-state index in [1.807, 2.05) is 0 Å². The van der Waals surface area contributed by atoms with Gasteiger partial charge in [-0.15, -0.1) is 0 Å². The molecule has 1 unspecified atom stereocenters. The summed E-state index contributed by atoms with van der Waals surface area (Å²) in [5.74, 6) is 0. The highest BCUT2D eigenvalue weighted by Crippen LogP contribution is 2.13. The fourth-order valence-electron chi connectivity index (χ4n) is 1.59. The Kier molecular flexibility index (Phi) is 4.51. The number of benzene rings is 1. The van der Waals surface area contributed by atoms with Crippen LogP contribution in [0.15, 0.2) is 18.2 Å². The highest BCUT2D eigenvalue weighted by atomic mass is 16.3. The Morgan fingerprint density at radius 3 is 2.56 bits per heavy atom. The Morgan fingerprint density at radius 2 is 2.00 bits per heavy atom. The first-order chi connectivity index (χ1) is 7.50. The number of aryl methyl sites for hydroxylation is 2. The largest absolute Gasteiger partial charge is 0.394 e. The van der Waals surface area contributed by atoms with E-state index < -0.39 is 0 Å². The molecule has 2 N–H and O–H groups in total. The number of hydrogen-bond acceptors (Lipinski definition) is 2. The Bertz CT molecular complexity index is 343. The number of rotatable bonds is 5. The zero-order valence-corrected chi connectivity index (χ0v) is 10.8. The quantitative estimate of drug-likeness (QED) is 0.801. The molecule has 1 aromatic carbocycles. The molecule has 0 aromatic heterocycles. The molecule has 16 heavy (non-hydrogen) atoms. The Balaban J connectivity index is 2.70. The first kappa shape index (κ1) is 13.2. The Labute approximate surface area is 98.7 Å². The van der Waals surface area contributed by atoms with E-state index in [1.54, 1.807) is 0 Å². The minimum Gasteiger partial charge on any atom is -0.394 e. The summed E-state index contributed by atoms with van der Waals surface area (Å²) in [4.78, 5) is 0. The smallest absolute Gasteiger partial charge is 0.0610 e. The molecule has 1 aromatic rings. The summed E-state index contributed by atoms with van der Waals surface area (Å²) in [6.07, 6.45) is 0.925. The molecule has 1 atom stereocenters. The van der Waals surface area contributed by atoms with Crippen LogP contribution in [0.2, 0.25) is 0 Å². The lowest BCUT2D eigenvalue weighted by Crippen LogP contribution is -2.44. The van der Waals surface area contributed by atoms with Crippen molar-refractivity contribution in [2.45, 2.75) is 46.2 Å². The van der Waals surface area contributed by atoms with Crippen LogP contribution in [0, 0.1) is 13.8 Å². The molecule has 0 aliphatic carbocycles. The third-order valence-electron chi connectivity index (χ3n) is 3.34. The van der Waals surface area contributed by atoms with Crippen molar-refractivity contribution in [2.75, 3.05) is 6.61 Å². The Morgan fingerprint density at radius 1 is 1.31 bits per heavy atom. The van der Waals surface area contributed by atoms with Gasteiger partial charge in [-0.2, -0.15) is 0 Å². The molecule has 0 aliphatic rings. The van der Waals surface area contributed by atoms with Gasteiger partial charge in [-0.3, -0.25) is 0 Å². The van der Waals surface area contributed by atoms with Crippen molar-refractivity contribution in [1.29, 1.82) is 0 Å². The van der Waals surface area contributed by atoms with Gasteiger partial charge < -0.3 is 10.4 Å². The van der Waals surface area contributed by atoms with Crippen molar-refractivity contribution in [3.8, 4) is 0 Å². The van der Waals surface area contributed by atoms with Crippen LogP contribution < -0.4 is 5.32 Å². The molecular weight excluding hydrogens is 198 g/mol. The lowest BCUT2D eigenvalue weighted by Gasteiger charge is -2.27. The zero-order valence-electron chi connectivity index (χ0n) is 10.8. The summed E-state index contributed by atoms with van der Waals surface area (Å²) in [6.45, 7) is 9.36. The second-order valence-electron chi connectivity index (χ2n) is 4.86. The maximum Gasteiger partial charge on any atom is 0.0610 e. The fraction of sp³-hybridized carbons (Fsp3) is 0.571. The first-order valence-electron chi connectivity index (χ1n) is 5.93. The van der Waals surface area contributed by atoms with Gasteiger partial charge in [0.25, 0.3) is 0 Å². The van der Waals surface area contributed by atoms with Gasteiger partial charge in [0.05, 0.1) is 6.61 Å². The molecule has 0 saturated carbocycles. The van der Waals surface area contributed by atoms with Crippen LogP contribution in [0.25, 0.3) is 0 Å². The van der Waals surface area contributed by atoms with Crippen molar-refractivity contribution in [3.05, 3.63) is 34.9 Å². The van der Waals surface area contributed by atoms with E-state index in [1.165, 1.54) is 16.7 Å². The van der Waals surface area contributed by atoms with Gasteiger partial charge in [0.2, 0.25) is 0 Å². The summed E-state index contributed by atoms with van der Waals surface area (Å²) < 4.78 is 0. The van der Waals surface area contributed by atoms with Crippen molar-refractivity contribution in [2.24, 2.45) is 0 Å². The van der Waals surface area contributed by atoms with E-state index in [9.17, 15) is 5.11 Å². The third-order valence-corrected chi connectivity index (χ3v) is 3.34. The van der Waals surface area contributed by atoms with Crippen LogP contribution in [-0.4, -0.2) is 17.3 Å². The fourth-order valence-corrected chi connectivity index (χ4v) is 1.59. The first-order valence-corrected chi connectivity index (χ1v) is 5.93. The monoisotopic (exact) mass is 221 g/mol. The van der Waals surface area contributed by atoms with E-state index >= 15 is 0 Å². The molecule has 1 rings (SSSR count). The van der Waals surface area contributed by atoms with Crippen LogP contribution in [0.5, 0.6) is 0 Å². The van der Waals surface area contributed by atoms with E-state index in [0.717, 1.165) is 13.0 Å². The molecule has 2 nitrogen and oxygen atoms in total. The minimum absolute atomic E-state index is 0.170. The molecule has 0 aliphatic heterocycles. The third kappa shape index (κ3) is 3.32. The standard InChI is InChI=1S/C14H23NO/c1-5-14(4,10-16)15-9-13-8-11(2)6-7-12(13)3/h6-8,15-16H,5,9-10H2,1-4H3. The topological polar surface area (TPSA) is 32.3 Å². The minimum atomic E-state index is -0.170. The molecule has 0 bridgehead atoms. The van der Waals surface area contributed by atoms with Gasteiger partial charge in [-0.1, -0.05) is 30.7 Å². The van der Waals surface area contributed by atoms with E-state index in [0.29, 0.717) is 0 Å². The highest BCUT2D eigenvalue weighted by Gasteiger charge is 2.19. The zero-order chi connectivity index (χ0) is 12.2. The molecule has 0 spiro atoms. The van der Waals surface area contributed by atoms with Crippen molar-refractivity contribution < 1.29 is 5.11 Å². The average molecular weight is 221 g/mol.